The molecule has 1 rings (SSSR count). The van der Waals surface area contributed by atoms with Crippen molar-refractivity contribution in [3.05, 3.63) is 26.0 Å². The van der Waals surface area contributed by atoms with E-state index in [-0.39, 0.29) is 4.47 Å². The molecule has 72 valence electrons. The maximum absolute atomic E-state index is 13.0. The van der Waals surface area contributed by atoms with E-state index in [1.807, 2.05) is 22.6 Å². The second kappa shape index (κ2) is 3.79. The predicted molar refractivity (Wildman–Crippen MR) is 58.2 cm³/mol. The highest BCUT2D eigenvalue weighted by atomic mass is 127. The van der Waals surface area contributed by atoms with Gasteiger partial charge >= 0.3 is 0 Å². The Morgan fingerprint density at radius 3 is 2.38 bits per heavy atom. The van der Waals surface area contributed by atoms with E-state index in [9.17, 15) is 12.8 Å². The van der Waals surface area contributed by atoms with Gasteiger partial charge in [0.1, 0.15) is 10.7 Å². The van der Waals surface area contributed by atoms with Crippen molar-refractivity contribution in [2.75, 3.05) is 0 Å². The Kier molecular flexibility index (Phi) is 3.31. The molecule has 0 unspecified atom stereocenters. The molecule has 0 aliphatic heterocycles. The zero-order valence-corrected chi connectivity index (χ0v) is 10.7. The lowest BCUT2D eigenvalue weighted by molar-refractivity contribution is 0.566. The van der Waals surface area contributed by atoms with Gasteiger partial charge in [-0.15, -0.1) is 0 Å². The number of benzene rings is 1. The summed E-state index contributed by atoms with van der Waals surface area (Å²) >= 11 is 4.83. The minimum atomic E-state index is -4.01. The maximum atomic E-state index is 13.0. The third-order valence-electron chi connectivity index (χ3n) is 1.29. The first kappa shape index (κ1) is 11.3. The minimum Gasteiger partial charge on any atom is -0.224 e. The molecule has 0 radical (unpaired) electrons. The predicted octanol–water partition coefficient (Wildman–Crippen LogP) is 1.84. The smallest absolute Gasteiger partial charge is 0.224 e. The van der Waals surface area contributed by atoms with Crippen LogP contribution in [0.15, 0.2) is 21.5 Å². The molecule has 0 heterocycles. The van der Waals surface area contributed by atoms with E-state index in [1.54, 1.807) is 0 Å². The number of halogens is 3. The fraction of sp³-hybridized carbons (Fsp3) is 0. The van der Waals surface area contributed by atoms with E-state index in [0.717, 1.165) is 6.07 Å². The molecule has 0 aliphatic carbocycles. The van der Waals surface area contributed by atoms with Crippen LogP contribution in [0.2, 0.25) is 0 Å². The van der Waals surface area contributed by atoms with Gasteiger partial charge < -0.3 is 0 Å². The van der Waals surface area contributed by atoms with E-state index in [1.165, 1.54) is 6.07 Å². The molecule has 1 aromatic carbocycles. The first-order valence-corrected chi connectivity index (χ1v) is 6.42. The Morgan fingerprint density at radius 1 is 1.46 bits per heavy atom. The van der Waals surface area contributed by atoms with Crippen LogP contribution < -0.4 is 5.14 Å². The molecule has 1 aromatic rings. The standard InChI is InChI=1S/C6H4BrFINO2S/c7-5-4(9)2-1-3(8)6(5)13(10,11)12/h1-2H,(H2,10,11,12). The van der Waals surface area contributed by atoms with E-state index >= 15 is 0 Å². The first-order valence-electron chi connectivity index (χ1n) is 3.00. The van der Waals surface area contributed by atoms with Gasteiger partial charge in [0.2, 0.25) is 10.0 Å². The van der Waals surface area contributed by atoms with Crippen molar-refractivity contribution in [2.45, 2.75) is 4.90 Å². The van der Waals surface area contributed by atoms with Crippen molar-refractivity contribution in [1.82, 2.24) is 0 Å². The first-order chi connectivity index (χ1) is 5.84. The van der Waals surface area contributed by atoms with Gasteiger partial charge in [0.25, 0.3) is 0 Å². The normalized spacial score (nSPS) is 11.7. The zero-order valence-electron chi connectivity index (χ0n) is 6.09. The number of hydrogen-bond acceptors (Lipinski definition) is 2. The average Bonchev–Trinajstić information content (AvgIpc) is 1.95. The van der Waals surface area contributed by atoms with Crippen LogP contribution in [0.25, 0.3) is 0 Å². The summed E-state index contributed by atoms with van der Waals surface area (Å²) in [7, 11) is -4.01. The molecule has 0 aromatic heterocycles. The van der Waals surface area contributed by atoms with Gasteiger partial charge in [0.05, 0.1) is 4.47 Å². The number of hydrogen-bond donors (Lipinski definition) is 1. The Bertz CT molecular complexity index is 448. The highest BCUT2D eigenvalue weighted by Crippen LogP contribution is 2.28. The third-order valence-corrected chi connectivity index (χ3v) is 4.98. The molecule has 0 aliphatic rings. The summed E-state index contributed by atoms with van der Waals surface area (Å²) in [6, 6.07) is 2.51. The van der Waals surface area contributed by atoms with Crippen LogP contribution in [0.1, 0.15) is 0 Å². The van der Waals surface area contributed by atoms with Gasteiger partial charge in [0.15, 0.2) is 0 Å². The summed E-state index contributed by atoms with van der Waals surface area (Å²) in [6.07, 6.45) is 0. The lowest BCUT2D eigenvalue weighted by atomic mass is 10.3. The molecular weight excluding hydrogens is 376 g/mol. The Hall–Kier alpha value is 0.270. The highest BCUT2D eigenvalue weighted by Gasteiger charge is 2.19. The van der Waals surface area contributed by atoms with Crippen LogP contribution >= 0.6 is 38.5 Å². The molecule has 13 heavy (non-hydrogen) atoms. The second-order valence-corrected chi connectivity index (χ2v) is 5.67. The average molecular weight is 380 g/mol. The van der Waals surface area contributed by atoms with E-state index in [2.05, 4.69) is 15.9 Å². The second-order valence-electron chi connectivity index (χ2n) is 2.22. The molecular formula is C6H4BrFINO2S. The molecule has 0 spiro atoms. The highest BCUT2D eigenvalue weighted by molar-refractivity contribution is 14.1. The quantitative estimate of drug-likeness (QED) is 0.597. The van der Waals surface area contributed by atoms with Crippen LogP contribution in [0.4, 0.5) is 4.39 Å². The largest absolute Gasteiger partial charge is 0.242 e. The fourth-order valence-electron chi connectivity index (χ4n) is 0.769. The third kappa shape index (κ3) is 2.39. The fourth-order valence-corrected chi connectivity index (χ4v) is 3.10. The summed E-state index contributed by atoms with van der Waals surface area (Å²) < 4.78 is 35.6. The van der Waals surface area contributed by atoms with Gasteiger partial charge in [-0.3, -0.25) is 0 Å². The zero-order chi connectivity index (χ0) is 10.2. The Morgan fingerprint density at radius 2 is 2.00 bits per heavy atom. The van der Waals surface area contributed by atoms with Crippen LogP contribution in [0, 0.1) is 9.39 Å². The number of sulfonamides is 1. The number of rotatable bonds is 1. The van der Waals surface area contributed by atoms with Crippen LogP contribution in [-0.4, -0.2) is 8.42 Å². The summed E-state index contributed by atoms with van der Waals surface area (Å²) in [5.41, 5.74) is 0. The molecule has 2 N–H and O–H groups in total. The molecule has 7 heteroatoms. The summed E-state index contributed by atoms with van der Waals surface area (Å²) in [6.45, 7) is 0. The van der Waals surface area contributed by atoms with Crippen molar-refractivity contribution in [3.8, 4) is 0 Å². The summed E-state index contributed by atoms with van der Waals surface area (Å²) in [5, 5.41) is 4.83. The molecule has 0 saturated heterocycles. The van der Waals surface area contributed by atoms with Crippen LogP contribution in [0.3, 0.4) is 0 Å². The molecule has 3 nitrogen and oxygen atoms in total. The lowest BCUT2D eigenvalue weighted by Gasteiger charge is -2.04. The molecule has 0 bridgehead atoms. The lowest BCUT2D eigenvalue weighted by Crippen LogP contribution is -2.15. The maximum Gasteiger partial charge on any atom is 0.242 e. The van der Waals surface area contributed by atoms with Crippen LogP contribution in [0.5, 0.6) is 0 Å². The molecule has 0 amide bonds. The van der Waals surface area contributed by atoms with Crippen molar-refractivity contribution in [3.63, 3.8) is 0 Å². The van der Waals surface area contributed by atoms with Gasteiger partial charge in [-0.2, -0.15) is 0 Å². The van der Waals surface area contributed by atoms with Crippen molar-refractivity contribution in [1.29, 1.82) is 0 Å². The van der Waals surface area contributed by atoms with Gasteiger partial charge in [-0.05, 0) is 50.7 Å². The molecule has 0 fully saturated rings. The monoisotopic (exact) mass is 379 g/mol. The van der Waals surface area contributed by atoms with E-state index in [0.29, 0.717) is 3.57 Å². The molecule has 0 atom stereocenters. The van der Waals surface area contributed by atoms with Crippen LogP contribution in [-0.2, 0) is 10.0 Å². The Balaban J connectivity index is 3.62. The molecule has 0 saturated carbocycles. The summed E-state index contributed by atoms with van der Waals surface area (Å²) in [5.74, 6) is -0.852. The minimum absolute atomic E-state index is 0.163. The summed E-state index contributed by atoms with van der Waals surface area (Å²) in [4.78, 5) is -0.501. The van der Waals surface area contributed by atoms with Crippen molar-refractivity contribution in [2.24, 2.45) is 5.14 Å². The van der Waals surface area contributed by atoms with Crippen molar-refractivity contribution < 1.29 is 12.8 Å². The van der Waals surface area contributed by atoms with E-state index in [4.69, 9.17) is 5.14 Å². The SMILES string of the molecule is NS(=O)(=O)c1c(F)ccc(I)c1Br. The van der Waals surface area contributed by atoms with E-state index < -0.39 is 20.7 Å². The number of nitrogens with two attached hydrogens (primary N) is 1. The van der Waals surface area contributed by atoms with Gasteiger partial charge in [0, 0.05) is 3.57 Å². The number of primary sulfonamides is 1. The van der Waals surface area contributed by atoms with Gasteiger partial charge in [-0.25, -0.2) is 17.9 Å². The van der Waals surface area contributed by atoms with Crippen molar-refractivity contribution >= 4 is 48.5 Å². The topological polar surface area (TPSA) is 60.2 Å². The Labute approximate surface area is 96.8 Å². The van der Waals surface area contributed by atoms with Gasteiger partial charge in [-0.1, -0.05) is 0 Å².